The van der Waals surface area contributed by atoms with Crippen molar-refractivity contribution in [2.24, 2.45) is 0 Å². The second-order valence-corrected chi connectivity index (χ2v) is 5.65. The average molecular weight is 340 g/mol. The molecule has 1 aromatic heterocycles. The van der Waals surface area contributed by atoms with Gasteiger partial charge >= 0.3 is 0 Å². The van der Waals surface area contributed by atoms with Crippen LogP contribution in [0.4, 0.5) is 10.1 Å². The second kappa shape index (κ2) is 6.27. The summed E-state index contributed by atoms with van der Waals surface area (Å²) in [7, 11) is 0. The van der Waals surface area contributed by atoms with Crippen LogP contribution in [0.15, 0.2) is 53.3 Å². The van der Waals surface area contributed by atoms with Gasteiger partial charge in [0.15, 0.2) is 5.78 Å². The van der Waals surface area contributed by atoms with Crippen LogP contribution in [-0.4, -0.2) is 15.3 Å². The van der Waals surface area contributed by atoms with Crippen molar-refractivity contribution in [1.29, 1.82) is 0 Å². The fourth-order valence-electron chi connectivity index (χ4n) is 2.62. The fourth-order valence-corrected chi connectivity index (χ4v) is 2.62. The molecule has 126 valence electrons. The number of fused-ring (bicyclic) bond motifs is 1. The molecule has 25 heavy (non-hydrogen) atoms. The Balaban J connectivity index is 2.04. The first kappa shape index (κ1) is 16.5. The van der Waals surface area contributed by atoms with Crippen molar-refractivity contribution in [2.45, 2.75) is 13.5 Å². The number of aromatic nitrogens is 1. The predicted octanol–water partition coefficient (Wildman–Crippen LogP) is 3.24. The minimum absolute atomic E-state index is 0.0989. The van der Waals surface area contributed by atoms with E-state index in [0.717, 1.165) is 0 Å². The largest absolute Gasteiger partial charge is 0.300 e. The highest BCUT2D eigenvalue weighted by Crippen LogP contribution is 2.20. The van der Waals surface area contributed by atoms with E-state index in [0.29, 0.717) is 22.0 Å². The van der Waals surface area contributed by atoms with Gasteiger partial charge in [0.1, 0.15) is 5.82 Å². The zero-order valence-corrected chi connectivity index (χ0v) is 13.2. The molecule has 0 saturated heterocycles. The second-order valence-electron chi connectivity index (χ2n) is 5.65. The van der Waals surface area contributed by atoms with Gasteiger partial charge in [-0.25, -0.2) is 4.39 Å². The third-order valence-electron chi connectivity index (χ3n) is 3.97. The standard InChI is InChI=1S/C18H13FN2O4/c1-11-8-13(2-5-15(11)19)17(22)10-20-16-6-4-14(21(24)25)9-12(16)3-7-18(20)23/h2-9H,10H2,1H3. The average Bonchev–Trinajstić information content (AvgIpc) is 2.59. The number of Topliss-reactive ketones (excluding diaryl/α,β-unsaturated/α-hetero) is 1. The molecule has 0 atom stereocenters. The highest BCUT2D eigenvalue weighted by molar-refractivity contribution is 5.97. The number of carbonyl (C=O) groups excluding carboxylic acids is 1. The Bertz CT molecular complexity index is 1070. The zero-order chi connectivity index (χ0) is 18.1. The lowest BCUT2D eigenvalue weighted by molar-refractivity contribution is -0.384. The van der Waals surface area contributed by atoms with Gasteiger partial charge in [0.05, 0.1) is 17.0 Å². The number of carbonyl (C=O) groups is 1. The van der Waals surface area contributed by atoms with Crippen LogP contribution < -0.4 is 5.56 Å². The molecule has 0 saturated carbocycles. The number of nitro benzene ring substituents is 1. The van der Waals surface area contributed by atoms with E-state index >= 15 is 0 Å². The van der Waals surface area contributed by atoms with E-state index in [1.54, 1.807) is 6.92 Å². The van der Waals surface area contributed by atoms with Crippen molar-refractivity contribution < 1.29 is 14.1 Å². The molecular weight excluding hydrogens is 327 g/mol. The number of nitro groups is 1. The number of non-ortho nitro benzene ring substituents is 1. The van der Waals surface area contributed by atoms with Crippen LogP contribution in [0.3, 0.4) is 0 Å². The molecule has 0 spiro atoms. The topological polar surface area (TPSA) is 82.2 Å². The minimum Gasteiger partial charge on any atom is -0.300 e. The van der Waals surface area contributed by atoms with Gasteiger partial charge in [-0.2, -0.15) is 0 Å². The van der Waals surface area contributed by atoms with Crippen LogP contribution in [0.1, 0.15) is 15.9 Å². The molecule has 0 aliphatic carbocycles. The smallest absolute Gasteiger partial charge is 0.270 e. The van der Waals surface area contributed by atoms with Gasteiger partial charge in [-0.05, 0) is 42.8 Å². The molecule has 0 unspecified atom stereocenters. The quantitative estimate of drug-likeness (QED) is 0.415. The Morgan fingerprint density at radius 3 is 2.60 bits per heavy atom. The highest BCUT2D eigenvalue weighted by Gasteiger charge is 2.14. The Labute approximate surface area is 141 Å². The van der Waals surface area contributed by atoms with Crippen LogP contribution in [0, 0.1) is 22.9 Å². The number of rotatable bonds is 4. The van der Waals surface area contributed by atoms with Crippen LogP contribution in [-0.2, 0) is 6.54 Å². The molecule has 0 fully saturated rings. The molecular formula is C18H13FN2O4. The van der Waals surface area contributed by atoms with Crippen molar-refractivity contribution in [1.82, 2.24) is 4.57 Å². The maximum absolute atomic E-state index is 13.3. The molecule has 7 heteroatoms. The SMILES string of the molecule is Cc1cc(C(=O)Cn2c(=O)ccc3cc([N+](=O)[O-])ccc32)ccc1F. The number of ketones is 1. The third kappa shape index (κ3) is 3.16. The lowest BCUT2D eigenvalue weighted by atomic mass is 10.1. The number of benzene rings is 2. The molecule has 2 aromatic carbocycles. The Morgan fingerprint density at radius 1 is 1.16 bits per heavy atom. The number of halogens is 1. The van der Waals surface area contributed by atoms with Crippen molar-refractivity contribution in [3.8, 4) is 0 Å². The number of hydrogen-bond acceptors (Lipinski definition) is 4. The maximum Gasteiger partial charge on any atom is 0.270 e. The van der Waals surface area contributed by atoms with E-state index in [-0.39, 0.29) is 18.0 Å². The Kier molecular flexibility index (Phi) is 4.14. The fraction of sp³-hybridized carbons (Fsp3) is 0.111. The monoisotopic (exact) mass is 340 g/mol. The van der Waals surface area contributed by atoms with E-state index in [4.69, 9.17) is 0 Å². The van der Waals surface area contributed by atoms with Crippen molar-refractivity contribution in [3.05, 3.63) is 85.9 Å². The summed E-state index contributed by atoms with van der Waals surface area (Å²) in [5.74, 6) is -0.762. The van der Waals surface area contributed by atoms with E-state index in [2.05, 4.69) is 0 Å². The van der Waals surface area contributed by atoms with Gasteiger partial charge in [-0.3, -0.25) is 19.7 Å². The number of pyridine rings is 1. The Morgan fingerprint density at radius 2 is 1.92 bits per heavy atom. The van der Waals surface area contributed by atoms with Crippen molar-refractivity contribution in [2.75, 3.05) is 0 Å². The third-order valence-corrected chi connectivity index (χ3v) is 3.97. The molecule has 0 radical (unpaired) electrons. The summed E-state index contributed by atoms with van der Waals surface area (Å²) in [6.45, 7) is 1.31. The van der Waals surface area contributed by atoms with Crippen LogP contribution in [0.2, 0.25) is 0 Å². The molecule has 3 rings (SSSR count). The molecule has 0 bridgehead atoms. The van der Waals surface area contributed by atoms with Crippen LogP contribution in [0.25, 0.3) is 10.9 Å². The highest BCUT2D eigenvalue weighted by atomic mass is 19.1. The first-order valence-electron chi connectivity index (χ1n) is 7.44. The molecule has 0 amide bonds. The van der Waals surface area contributed by atoms with Gasteiger partial charge < -0.3 is 4.57 Å². The molecule has 0 N–H and O–H groups in total. The predicted molar refractivity (Wildman–Crippen MR) is 90.3 cm³/mol. The van der Waals surface area contributed by atoms with Gasteiger partial charge in [0, 0.05) is 29.1 Å². The lowest BCUT2D eigenvalue weighted by Crippen LogP contribution is -2.24. The summed E-state index contributed by atoms with van der Waals surface area (Å²) in [5.41, 5.74) is 0.563. The van der Waals surface area contributed by atoms with Gasteiger partial charge in [-0.15, -0.1) is 0 Å². The van der Waals surface area contributed by atoms with Crippen LogP contribution in [0.5, 0.6) is 0 Å². The van der Waals surface area contributed by atoms with Crippen molar-refractivity contribution >= 4 is 22.4 Å². The number of aryl methyl sites for hydroxylation is 1. The zero-order valence-electron chi connectivity index (χ0n) is 13.2. The van der Waals surface area contributed by atoms with E-state index in [1.807, 2.05) is 0 Å². The van der Waals surface area contributed by atoms with Crippen LogP contribution >= 0.6 is 0 Å². The van der Waals surface area contributed by atoms with Gasteiger partial charge in [-0.1, -0.05) is 0 Å². The number of nitrogens with zero attached hydrogens (tertiary/aromatic N) is 2. The van der Waals surface area contributed by atoms with E-state index in [9.17, 15) is 24.1 Å². The number of hydrogen-bond donors (Lipinski definition) is 0. The Hall–Kier alpha value is -3.35. The van der Waals surface area contributed by atoms with Gasteiger partial charge in [0.25, 0.3) is 11.2 Å². The lowest BCUT2D eigenvalue weighted by Gasteiger charge is -2.10. The summed E-state index contributed by atoms with van der Waals surface area (Å²) in [6.07, 6.45) is 0. The summed E-state index contributed by atoms with van der Waals surface area (Å²) < 4.78 is 14.6. The summed E-state index contributed by atoms with van der Waals surface area (Å²) in [5, 5.41) is 11.4. The molecule has 1 heterocycles. The first-order chi connectivity index (χ1) is 11.9. The first-order valence-corrected chi connectivity index (χ1v) is 7.44. The maximum atomic E-state index is 13.3. The van der Waals surface area contributed by atoms with E-state index in [1.165, 1.54) is 53.1 Å². The van der Waals surface area contributed by atoms with E-state index < -0.39 is 16.3 Å². The summed E-state index contributed by atoms with van der Waals surface area (Å²) >= 11 is 0. The molecule has 0 aliphatic heterocycles. The summed E-state index contributed by atoms with van der Waals surface area (Å²) in [4.78, 5) is 35.0. The molecule has 3 aromatic rings. The normalized spacial score (nSPS) is 10.8. The molecule has 0 aliphatic rings. The van der Waals surface area contributed by atoms with Crippen molar-refractivity contribution in [3.63, 3.8) is 0 Å². The summed E-state index contributed by atoms with van der Waals surface area (Å²) in [6, 6.07) is 10.8. The minimum atomic E-state index is -0.526. The van der Waals surface area contributed by atoms with Gasteiger partial charge in [0.2, 0.25) is 0 Å². The molecule has 6 nitrogen and oxygen atoms in total.